The normalized spacial score (nSPS) is 15.5. The summed E-state index contributed by atoms with van der Waals surface area (Å²) in [6.45, 7) is 0.864. The molecule has 0 spiro atoms. The third-order valence-electron chi connectivity index (χ3n) is 4.79. The van der Waals surface area contributed by atoms with Crippen molar-refractivity contribution < 1.29 is 22.7 Å². The van der Waals surface area contributed by atoms with Gasteiger partial charge in [0.1, 0.15) is 12.3 Å². The molecule has 0 unspecified atom stereocenters. The van der Waals surface area contributed by atoms with Gasteiger partial charge in [-0.1, -0.05) is 6.07 Å². The number of benzene rings is 1. The second-order valence-electron chi connectivity index (χ2n) is 6.76. The number of aliphatic imine (C=N–C) groups is 1. The highest BCUT2D eigenvalue weighted by Crippen LogP contribution is 2.34. The van der Waals surface area contributed by atoms with Crippen molar-refractivity contribution in [3.8, 4) is 5.75 Å². The number of amides is 1. The van der Waals surface area contributed by atoms with Crippen LogP contribution in [0.5, 0.6) is 5.75 Å². The Balaban J connectivity index is 1.68. The molecule has 1 saturated heterocycles. The lowest BCUT2D eigenvalue weighted by molar-refractivity contribution is -0.138. The summed E-state index contributed by atoms with van der Waals surface area (Å²) in [6.07, 6.45) is -1.15. The smallest absolute Gasteiger partial charge is 0.416 e. The van der Waals surface area contributed by atoms with Crippen LogP contribution in [0.15, 0.2) is 35.6 Å². The summed E-state index contributed by atoms with van der Waals surface area (Å²) < 4.78 is 46.7. The zero-order valence-electron chi connectivity index (χ0n) is 16.9. The van der Waals surface area contributed by atoms with Gasteiger partial charge in [-0.2, -0.15) is 18.3 Å². The van der Waals surface area contributed by atoms with Gasteiger partial charge >= 0.3 is 6.18 Å². The third kappa shape index (κ3) is 4.66. The quantitative estimate of drug-likeness (QED) is 0.599. The Bertz CT molecular complexity index is 941. The minimum Gasteiger partial charge on any atom is -0.497 e. The number of hydrogen-bond donors (Lipinski definition) is 1. The second-order valence-corrected chi connectivity index (χ2v) is 6.76. The Hall–Kier alpha value is -3.24. The van der Waals surface area contributed by atoms with Crippen LogP contribution in [0.1, 0.15) is 11.1 Å². The Morgan fingerprint density at radius 3 is 2.67 bits per heavy atom. The van der Waals surface area contributed by atoms with Gasteiger partial charge in [0.05, 0.1) is 24.6 Å². The number of alkyl halides is 3. The van der Waals surface area contributed by atoms with Gasteiger partial charge in [-0.25, -0.2) is 0 Å². The lowest BCUT2D eigenvalue weighted by Gasteiger charge is -2.35. The number of nitrogens with zero attached hydrogens (tertiary/aromatic N) is 5. The van der Waals surface area contributed by atoms with E-state index in [1.807, 2.05) is 0 Å². The van der Waals surface area contributed by atoms with Crippen LogP contribution in [0.2, 0.25) is 0 Å². The van der Waals surface area contributed by atoms with Crippen molar-refractivity contribution in [2.75, 3.05) is 38.7 Å². The first kappa shape index (κ1) is 21.5. The van der Waals surface area contributed by atoms with Crippen molar-refractivity contribution in [1.29, 1.82) is 0 Å². The molecule has 1 fully saturated rings. The highest BCUT2D eigenvalue weighted by atomic mass is 19.4. The lowest BCUT2D eigenvalue weighted by atomic mass is 10.1. The SMILES string of the molecule is CN=C(NCc1ccc(OC)cc1C(F)(F)F)N1CCN(c2cnn(C)c2)C(=O)C1. The van der Waals surface area contributed by atoms with Crippen molar-refractivity contribution >= 4 is 17.6 Å². The van der Waals surface area contributed by atoms with Gasteiger partial charge in [0, 0.05) is 39.9 Å². The molecule has 2 heterocycles. The fraction of sp³-hybridized carbons (Fsp3) is 0.421. The Labute approximate surface area is 171 Å². The maximum Gasteiger partial charge on any atom is 0.416 e. The van der Waals surface area contributed by atoms with E-state index in [1.165, 1.54) is 26.3 Å². The summed E-state index contributed by atoms with van der Waals surface area (Å²) in [5.74, 6) is 0.350. The molecule has 0 radical (unpaired) electrons. The lowest BCUT2D eigenvalue weighted by Crippen LogP contribution is -2.55. The van der Waals surface area contributed by atoms with Crippen molar-refractivity contribution in [3.63, 3.8) is 0 Å². The van der Waals surface area contributed by atoms with E-state index in [0.717, 1.165) is 6.07 Å². The molecule has 0 saturated carbocycles. The minimum absolute atomic E-state index is 0.0588. The van der Waals surface area contributed by atoms with Crippen molar-refractivity contribution in [2.24, 2.45) is 12.0 Å². The van der Waals surface area contributed by atoms with Crippen molar-refractivity contribution in [2.45, 2.75) is 12.7 Å². The molecule has 1 N–H and O–H groups in total. The molecule has 0 atom stereocenters. The molecule has 2 aromatic rings. The molecule has 1 aliphatic heterocycles. The molecular weight excluding hydrogens is 401 g/mol. The second kappa shape index (κ2) is 8.64. The van der Waals surface area contributed by atoms with Crippen LogP contribution in [-0.4, -0.2) is 60.3 Å². The summed E-state index contributed by atoms with van der Waals surface area (Å²) in [5, 5.41) is 7.00. The average Bonchev–Trinajstić information content (AvgIpc) is 3.13. The van der Waals surface area contributed by atoms with E-state index in [9.17, 15) is 18.0 Å². The zero-order valence-corrected chi connectivity index (χ0v) is 16.9. The summed E-state index contributed by atoms with van der Waals surface area (Å²) in [6, 6.07) is 3.81. The van der Waals surface area contributed by atoms with E-state index in [0.29, 0.717) is 24.7 Å². The number of aryl methyl sites for hydroxylation is 1. The van der Waals surface area contributed by atoms with Crippen molar-refractivity contribution in [3.05, 3.63) is 41.7 Å². The number of piperazine rings is 1. The molecule has 1 amide bonds. The number of ether oxygens (including phenoxy) is 1. The first-order valence-corrected chi connectivity index (χ1v) is 9.21. The van der Waals surface area contributed by atoms with E-state index >= 15 is 0 Å². The fourth-order valence-corrected chi connectivity index (χ4v) is 3.28. The number of carbonyl (C=O) groups excluding carboxylic acids is 1. The van der Waals surface area contributed by atoms with E-state index in [-0.39, 0.29) is 30.3 Å². The molecule has 1 aromatic carbocycles. The predicted octanol–water partition coefficient (Wildman–Crippen LogP) is 1.87. The minimum atomic E-state index is -4.51. The molecule has 1 aliphatic rings. The molecule has 0 aliphatic carbocycles. The topological polar surface area (TPSA) is 75.0 Å². The van der Waals surface area contributed by atoms with Gasteiger partial charge in [0.15, 0.2) is 5.96 Å². The highest BCUT2D eigenvalue weighted by molar-refractivity contribution is 5.98. The number of nitrogens with one attached hydrogen (secondary N) is 1. The first-order chi connectivity index (χ1) is 14.2. The number of methoxy groups -OCH3 is 1. The predicted molar refractivity (Wildman–Crippen MR) is 105 cm³/mol. The van der Waals surface area contributed by atoms with Crippen LogP contribution in [0.3, 0.4) is 0 Å². The zero-order chi connectivity index (χ0) is 21.9. The largest absolute Gasteiger partial charge is 0.497 e. The molecule has 30 heavy (non-hydrogen) atoms. The van der Waals surface area contributed by atoms with Crippen LogP contribution in [-0.2, 0) is 24.6 Å². The number of aromatic nitrogens is 2. The fourth-order valence-electron chi connectivity index (χ4n) is 3.28. The maximum atomic E-state index is 13.4. The number of halogens is 3. The number of hydrogen-bond acceptors (Lipinski definition) is 4. The van der Waals surface area contributed by atoms with Crippen LogP contribution >= 0.6 is 0 Å². The number of guanidine groups is 1. The average molecular weight is 424 g/mol. The van der Waals surface area contributed by atoms with Gasteiger partial charge < -0.3 is 19.9 Å². The summed E-state index contributed by atoms with van der Waals surface area (Å²) in [4.78, 5) is 20.0. The molecule has 11 heteroatoms. The van der Waals surface area contributed by atoms with Gasteiger partial charge in [0.25, 0.3) is 0 Å². The van der Waals surface area contributed by atoms with E-state index in [1.54, 1.807) is 33.9 Å². The van der Waals surface area contributed by atoms with Crippen LogP contribution in [0.4, 0.5) is 18.9 Å². The summed E-state index contributed by atoms with van der Waals surface area (Å²) in [5.41, 5.74) is -0.00908. The number of rotatable bonds is 4. The van der Waals surface area contributed by atoms with Crippen molar-refractivity contribution in [1.82, 2.24) is 20.0 Å². The van der Waals surface area contributed by atoms with Gasteiger partial charge in [-0.05, 0) is 17.7 Å². The number of carbonyl (C=O) groups is 1. The maximum absolute atomic E-state index is 13.4. The Kier molecular flexibility index (Phi) is 6.18. The molecule has 1 aromatic heterocycles. The summed E-state index contributed by atoms with van der Waals surface area (Å²) >= 11 is 0. The molecule has 0 bridgehead atoms. The first-order valence-electron chi connectivity index (χ1n) is 9.21. The highest BCUT2D eigenvalue weighted by Gasteiger charge is 2.34. The standard InChI is InChI=1S/C19H23F3N6O2/c1-23-18(24-9-13-4-5-15(30-3)8-16(13)19(20,21)22)27-6-7-28(17(29)12-27)14-10-25-26(2)11-14/h4-5,8,10-11H,6-7,9,12H2,1-3H3,(H,23,24). The molecular formula is C19H23F3N6O2. The summed E-state index contributed by atoms with van der Waals surface area (Å²) in [7, 11) is 4.61. The Morgan fingerprint density at radius 1 is 1.33 bits per heavy atom. The molecule has 8 nitrogen and oxygen atoms in total. The number of anilines is 1. The van der Waals surface area contributed by atoms with Gasteiger partial charge in [0.2, 0.25) is 5.91 Å². The third-order valence-corrected chi connectivity index (χ3v) is 4.79. The van der Waals surface area contributed by atoms with Gasteiger partial charge in [-0.3, -0.25) is 14.5 Å². The monoisotopic (exact) mass is 424 g/mol. The van der Waals surface area contributed by atoms with Crippen LogP contribution in [0.25, 0.3) is 0 Å². The van der Waals surface area contributed by atoms with E-state index < -0.39 is 11.7 Å². The molecule has 162 valence electrons. The van der Waals surface area contributed by atoms with E-state index in [2.05, 4.69) is 15.4 Å². The molecule has 3 rings (SSSR count). The Morgan fingerprint density at radius 2 is 2.10 bits per heavy atom. The van der Waals surface area contributed by atoms with Crippen LogP contribution in [0, 0.1) is 0 Å². The van der Waals surface area contributed by atoms with E-state index in [4.69, 9.17) is 4.74 Å². The van der Waals surface area contributed by atoms with Crippen LogP contribution < -0.4 is 15.0 Å². The van der Waals surface area contributed by atoms with Gasteiger partial charge in [-0.15, -0.1) is 0 Å².